The van der Waals surface area contributed by atoms with E-state index >= 15 is 0 Å². The number of halogens is 1. The topological polar surface area (TPSA) is 17.3 Å². The molecule has 2 aromatic rings. The molecule has 0 saturated carbocycles. The van der Waals surface area contributed by atoms with E-state index in [0.717, 1.165) is 10.1 Å². The van der Waals surface area contributed by atoms with E-state index in [2.05, 4.69) is 43.8 Å². The number of hydrogen-bond donors (Lipinski definition) is 0. The van der Waals surface area contributed by atoms with Gasteiger partial charge in [-0.2, -0.15) is 11.8 Å². The van der Waals surface area contributed by atoms with E-state index in [9.17, 15) is 0 Å². The van der Waals surface area contributed by atoms with Gasteiger partial charge in [-0.25, -0.2) is 4.98 Å². The van der Waals surface area contributed by atoms with Crippen LogP contribution in [0.3, 0.4) is 0 Å². The van der Waals surface area contributed by atoms with Gasteiger partial charge in [-0.15, -0.1) is 0 Å². The van der Waals surface area contributed by atoms with Crippen molar-refractivity contribution in [3.8, 4) is 0 Å². The van der Waals surface area contributed by atoms with Crippen LogP contribution >= 0.6 is 27.7 Å². The number of pyridine rings is 1. The van der Waals surface area contributed by atoms with Crippen LogP contribution in [-0.4, -0.2) is 15.1 Å². The highest BCUT2D eigenvalue weighted by Crippen LogP contribution is 2.39. The summed E-state index contributed by atoms with van der Waals surface area (Å²) in [6, 6.07) is 4.10. The number of rotatable bonds is 1. The molecule has 3 rings (SSSR count). The van der Waals surface area contributed by atoms with Crippen molar-refractivity contribution in [2.75, 3.05) is 5.75 Å². The van der Waals surface area contributed by atoms with Gasteiger partial charge in [-0.1, -0.05) is 15.9 Å². The molecule has 0 amide bonds. The van der Waals surface area contributed by atoms with Crippen molar-refractivity contribution in [3.63, 3.8) is 0 Å². The number of fused-ring (bicyclic) bond motifs is 1. The lowest BCUT2D eigenvalue weighted by Crippen LogP contribution is -1.86. The maximum absolute atomic E-state index is 4.67. The molecule has 0 radical (unpaired) electrons. The van der Waals surface area contributed by atoms with E-state index in [1.54, 1.807) is 0 Å². The van der Waals surface area contributed by atoms with Crippen molar-refractivity contribution in [2.24, 2.45) is 0 Å². The predicted molar refractivity (Wildman–Crippen MR) is 67.3 cm³/mol. The lowest BCUT2D eigenvalue weighted by atomic mass is 10.2. The average molecular weight is 283 g/mol. The Bertz CT molecular complexity index is 488. The fourth-order valence-electron chi connectivity index (χ4n) is 1.94. The molecule has 4 heteroatoms. The van der Waals surface area contributed by atoms with Crippen LogP contribution in [0.25, 0.3) is 5.65 Å². The number of nitrogens with zero attached hydrogens (tertiary/aromatic N) is 2. The van der Waals surface area contributed by atoms with Gasteiger partial charge >= 0.3 is 0 Å². The fraction of sp³-hybridized carbons (Fsp3) is 0.364. The molecule has 2 nitrogen and oxygen atoms in total. The monoisotopic (exact) mass is 282 g/mol. The standard InChI is InChI=1S/C11H11BrN2S/c12-8-3-4-14-7-9(13-11(14)6-8)10-2-1-5-15-10/h3-4,6-7,10H,1-2,5H2. The molecular formula is C11H11BrN2S. The largest absolute Gasteiger partial charge is 0.307 e. The van der Waals surface area contributed by atoms with Gasteiger partial charge in [0.2, 0.25) is 0 Å². The minimum Gasteiger partial charge on any atom is -0.307 e. The van der Waals surface area contributed by atoms with Crippen LogP contribution in [0.4, 0.5) is 0 Å². The van der Waals surface area contributed by atoms with Crippen molar-refractivity contribution >= 4 is 33.3 Å². The highest BCUT2D eigenvalue weighted by atomic mass is 79.9. The first-order valence-corrected chi connectivity index (χ1v) is 6.93. The lowest BCUT2D eigenvalue weighted by molar-refractivity contribution is 0.813. The van der Waals surface area contributed by atoms with Gasteiger partial charge in [-0.3, -0.25) is 0 Å². The van der Waals surface area contributed by atoms with Gasteiger partial charge in [0.1, 0.15) is 5.65 Å². The Morgan fingerprint density at radius 1 is 1.53 bits per heavy atom. The average Bonchev–Trinajstić information content (AvgIpc) is 2.84. The number of imidazole rings is 1. The third-order valence-corrected chi connectivity index (χ3v) is 4.60. The molecule has 0 spiro atoms. The third kappa shape index (κ3) is 1.81. The maximum Gasteiger partial charge on any atom is 0.138 e. The molecule has 1 aliphatic heterocycles. The Hall–Kier alpha value is -0.480. The fourth-order valence-corrected chi connectivity index (χ4v) is 3.50. The van der Waals surface area contributed by atoms with Gasteiger partial charge in [-0.05, 0) is 30.7 Å². The molecule has 1 fully saturated rings. The van der Waals surface area contributed by atoms with Gasteiger partial charge < -0.3 is 4.40 Å². The molecule has 15 heavy (non-hydrogen) atoms. The van der Waals surface area contributed by atoms with Crippen LogP contribution < -0.4 is 0 Å². The van der Waals surface area contributed by atoms with Gasteiger partial charge in [0.15, 0.2) is 0 Å². The normalized spacial score (nSPS) is 21.3. The van der Waals surface area contributed by atoms with Crippen LogP contribution in [0.5, 0.6) is 0 Å². The third-order valence-electron chi connectivity index (χ3n) is 2.70. The molecule has 3 heterocycles. The summed E-state index contributed by atoms with van der Waals surface area (Å²) in [7, 11) is 0. The van der Waals surface area contributed by atoms with E-state index in [0.29, 0.717) is 5.25 Å². The Balaban J connectivity index is 2.05. The van der Waals surface area contributed by atoms with E-state index in [-0.39, 0.29) is 0 Å². The van der Waals surface area contributed by atoms with Crippen molar-refractivity contribution in [3.05, 3.63) is 34.7 Å². The Labute approximate surface area is 101 Å². The number of hydrogen-bond acceptors (Lipinski definition) is 2. The van der Waals surface area contributed by atoms with Crippen molar-refractivity contribution in [1.82, 2.24) is 9.38 Å². The van der Waals surface area contributed by atoms with Crippen LogP contribution in [0.15, 0.2) is 29.0 Å². The first-order valence-electron chi connectivity index (χ1n) is 5.09. The molecule has 78 valence electrons. The Kier molecular flexibility index (Phi) is 2.48. The van der Waals surface area contributed by atoms with Crippen molar-refractivity contribution < 1.29 is 0 Å². The van der Waals surface area contributed by atoms with E-state index in [4.69, 9.17) is 0 Å². The molecule has 0 aliphatic carbocycles. The molecule has 1 unspecified atom stereocenters. The second-order valence-corrected chi connectivity index (χ2v) is 6.00. The highest BCUT2D eigenvalue weighted by Gasteiger charge is 2.20. The van der Waals surface area contributed by atoms with Gasteiger partial charge in [0, 0.05) is 22.1 Å². The molecular weight excluding hydrogens is 272 g/mol. The molecule has 0 bridgehead atoms. The summed E-state index contributed by atoms with van der Waals surface area (Å²) in [5, 5.41) is 0.615. The summed E-state index contributed by atoms with van der Waals surface area (Å²) in [4.78, 5) is 4.67. The van der Waals surface area contributed by atoms with E-state index in [1.807, 2.05) is 17.8 Å². The molecule has 0 aromatic carbocycles. The van der Waals surface area contributed by atoms with E-state index < -0.39 is 0 Å². The smallest absolute Gasteiger partial charge is 0.138 e. The molecule has 1 saturated heterocycles. The number of aromatic nitrogens is 2. The predicted octanol–water partition coefficient (Wildman–Crippen LogP) is 3.66. The second-order valence-electron chi connectivity index (χ2n) is 3.78. The Morgan fingerprint density at radius 2 is 2.47 bits per heavy atom. The number of thioether (sulfide) groups is 1. The Morgan fingerprint density at radius 3 is 3.27 bits per heavy atom. The quantitative estimate of drug-likeness (QED) is 0.794. The first-order chi connectivity index (χ1) is 7.33. The van der Waals surface area contributed by atoms with Gasteiger partial charge in [0.05, 0.1) is 5.69 Å². The summed E-state index contributed by atoms with van der Waals surface area (Å²) in [6.45, 7) is 0. The van der Waals surface area contributed by atoms with Gasteiger partial charge in [0.25, 0.3) is 0 Å². The molecule has 0 N–H and O–H groups in total. The molecule has 1 atom stereocenters. The molecule has 2 aromatic heterocycles. The SMILES string of the molecule is Brc1ccn2cc(C3CCCS3)nc2c1. The van der Waals surface area contributed by atoms with Crippen molar-refractivity contribution in [1.29, 1.82) is 0 Å². The lowest BCUT2D eigenvalue weighted by Gasteiger charge is -2.01. The summed E-state index contributed by atoms with van der Waals surface area (Å²) in [5.41, 5.74) is 2.27. The van der Waals surface area contributed by atoms with Crippen LogP contribution in [0.1, 0.15) is 23.8 Å². The summed E-state index contributed by atoms with van der Waals surface area (Å²) < 4.78 is 3.19. The summed E-state index contributed by atoms with van der Waals surface area (Å²) in [6.07, 6.45) is 6.81. The zero-order valence-corrected chi connectivity index (χ0v) is 10.6. The van der Waals surface area contributed by atoms with Crippen LogP contribution in [0, 0.1) is 0 Å². The van der Waals surface area contributed by atoms with Crippen LogP contribution in [0.2, 0.25) is 0 Å². The molecule has 1 aliphatic rings. The zero-order valence-electron chi connectivity index (χ0n) is 8.19. The van der Waals surface area contributed by atoms with Crippen LogP contribution in [-0.2, 0) is 0 Å². The second kappa shape index (κ2) is 3.83. The maximum atomic E-state index is 4.67. The minimum atomic E-state index is 0.615. The summed E-state index contributed by atoms with van der Waals surface area (Å²) >= 11 is 5.49. The van der Waals surface area contributed by atoms with E-state index in [1.165, 1.54) is 24.3 Å². The van der Waals surface area contributed by atoms with Crippen molar-refractivity contribution in [2.45, 2.75) is 18.1 Å². The minimum absolute atomic E-state index is 0.615. The summed E-state index contributed by atoms with van der Waals surface area (Å²) in [5.74, 6) is 1.28. The first kappa shape index (κ1) is 9.73. The zero-order chi connectivity index (χ0) is 10.3. The highest BCUT2D eigenvalue weighted by molar-refractivity contribution is 9.10.